The van der Waals surface area contributed by atoms with Crippen molar-refractivity contribution < 1.29 is 14.3 Å². The van der Waals surface area contributed by atoms with Crippen molar-refractivity contribution in [3.8, 4) is 5.75 Å². The highest BCUT2D eigenvalue weighted by atomic mass is 16.5. The molecule has 0 unspecified atom stereocenters. The lowest BCUT2D eigenvalue weighted by Crippen LogP contribution is -2.48. The van der Waals surface area contributed by atoms with Gasteiger partial charge in [-0.1, -0.05) is 24.3 Å². The minimum Gasteiger partial charge on any atom is -0.497 e. The quantitative estimate of drug-likeness (QED) is 0.762. The third kappa shape index (κ3) is 3.46. The zero-order valence-corrected chi connectivity index (χ0v) is 18.2. The second kappa shape index (κ2) is 7.62. The molecule has 0 aromatic heterocycles. The van der Waals surface area contributed by atoms with Gasteiger partial charge in [-0.05, 0) is 43.7 Å². The van der Waals surface area contributed by atoms with E-state index < -0.39 is 5.54 Å². The fourth-order valence-corrected chi connectivity index (χ4v) is 4.70. The summed E-state index contributed by atoms with van der Waals surface area (Å²) in [7, 11) is 1.66. The number of morpholine rings is 1. The number of rotatable bonds is 4. The number of anilines is 1. The van der Waals surface area contributed by atoms with Gasteiger partial charge in [0.1, 0.15) is 11.5 Å². The third-order valence-electron chi connectivity index (χ3n) is 6.15. The molecule has 0 N–H and O–H groups in total. The Bertz CT molecular complexity index is 1080. The first kappa shape index (κ1) is 20.0. The van der Waals surface area contributed by atoms with Crippen LogP contribution in [0.1, 0.15) is 25.0 Å². The van der Waals surface area contributed by atoms with Crippen molar-refractivity contribution in [3.05, 3.63) is 59.7 Å². The predicted molar refractivity (Wildman–Crippen MR) is 122 cm³/mol. The molecule has 1 fully saturated rings. The lowest BCUT2D eigenvalue weighted by atomic mass is 9.87. The molecule has 0 spiro atoms. The van der Waals surface area contributed by atoms with E-state index in [1.165, 1.54) is 5.57 Å². The summed E-state index contributed by atoms with van der Waals surface area (Å²) in [6, 6.07) is 13.6. The number of amides is 1. The molecule has 31 heavy (non-hydrogen) atoms. The van der Waals surface area contributed by atoms with Gasteiger partial charge in [-0.2, -0.15) is 0 Å². The molecule has 0 radical (unpaired) electrons. The van der Waals surface area contributed by atoms with Gasteiger partial charge in [0.15, 0.2) is 0 Å². The van der Waals surface area contributed by atoms with Crippen LogP contribution in [0.4, 0.5) is 11.4 Å². The SMILES string of the molecule is COc1cc2c3c(c1)C(=Nc1ccccc1)C(=O)N3C(C)(C)C=C2CN1CCOCC1. The topological polar surface area (TPSA) is 54.4 Å². The summed E-state index contributed by atoms with van der Waals surface area (Å²) in [5.41, 5.74) is 4.82. The highest BCUT2D eigenvalue weighted by molar-refractivity contribution is 6.55. The van der Waals surface area contributed by atoms with Gasteiger partial charge in [-0.3, -0.25) is 14.6 Å². The second-order valence-corrected chi connectivity index (χ2v) is 8.72. The molecule has 0 aliphatic carbocycles. The normalized spacial score (nSPS) is 21.3. The number of ether oxygens (including phenoxy) is 2. The molecule has 2 aromatic rings. The number of methoxy groups -OCH3 is 1. The maximum absolute atomic E-state index is 13.6. The molecule has 0 atom stereocenters. The number of hydrogen-bond acceptors (Lipinski definition) is 5. The van der Waals surface area contributed by atoms with Gasteiger partial charge in [-0.25, -0.2) is 4.99 Å². The number of benzene rings is 2. The first-order chi connectivity index (χ1) is 15.0. The Morgan fingerprint density at radius 2 is 1.81 bits per heavy atom. The van der Waals surface area contributed by atoms with Gasteiger partial charge in [0, 0.05) is 30.8 Å². The van der Waals surface area contributed by atoms with E-state index >= 15 is 0 Å². The van der Waals surface area contributed by atoms with E-state index in [1.54, 1.807) is 7.11 Å². The van der Waals surface area contributed by atoms with Crippen molar-refractivity contribution in [1.82, 2.24) is 4.90 Å². The summed E-state index contributed by atoms with van der Waals surface area (Å²) < 4.78 is 11.1. The molecule has 1 saturated heterocycles. The zero-order valence-electron chi connectivity index (χ0n) is 18.2. The molecule has 3 heterocycles. The largest absolute Gasteiger partial charge is 0.497 e. The number of para-hydroxylation sites is 1. The van der Waals surface area contributed by atoms with Crippen LogP contribution in [0, 0.1) is 0 Å². The van der Waals surface area contributed by atoms with Gasteiger partial charge >= 0.3 is 0 Å². The summed E-state index contributed by atoms with van der Waals surface area (Å²) >= 11 is 0. The van der Waals surface area contributed by atoms with Gasteiger partial charge in [-0.15, -0.1) is 0 Å². The number of nitrogens with zero attached hydrogens (tertiary/aromatic N) is 3. The fraction of sp³-hybridized carbons (Fsp3) is 0.360. The molecule has 160 valence electrons. The Balaban J connectivity index is 1.66. The fourth-order valence-electron chi connectivity index (χ4n) is 4.70. The van der Waals surface area contributed by atoms with Crippen LogP contribution in [0.3, 0.4) is 0 Å². The summed E-state index contributed by atoms with van der Waals surface area (Å²) in [4.78, 5) is 22.6. The Hall–Kier alpha value is -2.96. The molecular weight excluding hydrogens is 390 g/mol. The lowest BCUT2D eigenvalue weighted by Gasteiger charge is -2.40. The average Bonchev–Trinajstić information content (AvgIpc) is 3.05. The average molecular weight is 418 g/mol. The van der Waals surface area contributed by atoms with Crippen LogP contribution >= 0.6 is 0 Å². The molecular formula is C25H27N3O3. The van der Waals surface area contributed by atoms with E-state index in [0.717, 1.165) is 61.1 Å². The second-order valence-electron chi connectivity index (χ2n) is 8.72. The molecule has 3 aliphatic rings. The molecule has 3 aliphatic heterocycles. The molecule has 6 nitrogen and oxygen atoms in total. The highest BCUT2D eigenvalue weighted by Gasteiger charge is 2.46. The van der Waals surface area contributed by atoms with Gasteiger partial charge in [0.25, 0.3) is 5.91 Å². The van der Waals surface area contributed by atoms with Crippen molar-refractivity contribution in [3.63, 3.8) is 0 Å². The van der Waals surface area contributed by atoms with E-state index in [9.17, 15) is 4.79 Å². The van der Waals surface area contributed by atoms with Crippen molar-refractivity contribution in [2.75, 3.05) is 44.9 Å². The summed E-state index contributed by atoms with van der Waals surface area (Å²) in [6.07, 6.45) is 2.22. The molecule has 2 aromatic carbocycles. The van der Waals surface area contributed by atoms with Gasteiger partial charge in [0.05, 0.1) is 37.2 Å². The summed E-state index contributed by atoms with van der Waals surface area (Å²) in [5.74, 6) is 0.664. The lowest BCUT2D eigenvalue weighted by molar-refractivity contribution is -0.112. The zero-order chi connectivity index (χ0) is 21.6. The maximum Gasteiger partial charge on any atom is 0.278 e. The monoisotopic (exact) mass is 417 g/mol. The van der Waals surface area contributed by atoms with Crippen molar-refractivity contribution in [2.24, 2.45) is 4.99 Å². The minimum absolute atomic E-state index is 0.0694. The highest BCUT2D eigenvalue weighted by Crippen LogP contribution is 2.47. The van der Waals surface area contributed by atoms with Gasteiger partial charge in [0.2, 0.25) is 0 Å². The van der Waals surface area contributed by atoms with E-state index in [-0.39, 0.29) is 5.91 Å². The van der Waals surface area contributed by atoms with E-state index in [4.69, 9.17) is 14.5 Å². The molecule has 1 amide bonds. The van der Waals surface area contributed by atoms with E-state index in [0.29, 0.717) is 5.71 Å². The van der Waals surface area contributed by atoms with Crippen LogP contribution in [0.25, 0.3) is 5.57 Å². The first-order valence-corrected chi connectivity index (χ1v) is 10.7. The predicted octanol–water partition coefficient (Wildman–Crippen LogP) is 3.67. The van der Waals surface area contributed by atoms with Crippen LogP contribution < -0.4 is 9.64 Å². The molecule has 0 saturated carbocycles. The third-order valence-corrected chi connectivity index (χ3v) is 6.15. The standard InChI is InChI=1S/C25H27N3O3/c1-25(2)15-17(16-27-9-11-31-12-10-27)20-13-19(30-3)14-21-22(24(29)28(25)23(20)21)26-18-7-5-4-6-8-18/h4-8,13-15H,9-12,16H2,1-3H3. The number of hydrogen-bond donors (Lipinski definition) is 0. The molecule has 5 rings (SSSR count). The number of carbonyl (C=O) groups is 1. The summed E-state index contributed by atoms with van der Waals surface area (Å²) in [5, 5.41) is 0. The first-order valence-electron chi connectivity index (χ1n) is 10.7. The Kier molecular flexibility index (Phi) is 4.91. The van der Waals surface area contributed by atoms with E-state index in [1.807, 2.05) is 47.4 Å². The Morgan fingerprint density at radius 1 is 1.10 bits per heavy atom. The molecule has 6 heteroatoms. The van der Waals surface area contributed by atoms with Crippen LogP contribution in [-0.4, -0.2) is 62.0 Å². The summed E-state index contributed by atoms with van der Waals surface area (Å²) in [6.45, 7) is 8.33. The minimum atomic E-state index is -0.455. The maximum atomic E-state index is 13.6. The number of carbonyl (C=O) groups excluding carboxylic acids is 1. The van der Waals surface area contributed by atoms with Crippen LogP contribution in [0.5, 0.6) is 5.75 Å². The van der Waals surface area contributed by atoms with Crippen LogP contribution in [-0.2, 0) is 9.53 Å². The van der Waals surface area contributed by atoms with Crippen molar-refractivity contribution in [1.29, 1.82) is 0 Å². The van der Waals surface area contributed by atoms with Crippen molar-refractivity contribution >= 4 is 28.6 Å². The van der Waals surface area contributed by atoms with Crippen molar-refractivity contribution in [2.45, 2.75) is 19.4 Å². The van der Waals surface area contributed by atoms with E-state index in [2.05, 4.69) is 24.8 Å². The van der Waals surface area contributed by atoms with Crippen LogP contribution in [0.2, 0.25) is 0 Å². The Morgan fingerprint density at radius 3 is 2.52 bits per heavy atom. The van der Waals surface area contributed by atoms with Crippen LogP contribution in [0.15, 0.2) is 53.5 Å². The smallest absolute Gasteiger partial charge is 0.278 e. The number of aliphatic imine (C=N–C) groups is 1. The molecule has 0 bridgehead atoms. The van der Waals surface area contributed by atoms with Gasteiger partial charge < -0.3 is 9.47 Å². The Labute approximate surface area is 182 Å².